The Morgan fingerprint density at radius 1 is 0.388 bits per heavy atom. The molecule has 0 spiro atoms. The molecular weight excluding hydrogens is 613 g/mol. The first-order valence-corrected chi connectivity index (χ1v) is 19.0. The molecule has 2 nitrogen and oxygen atoms in total. The Bertz CT molecular complexity index is 2520. The van der Waals surface area contributed by atoms with Gasteiger partial charge in [0.2, 0.25) is 0 Å². The first-order chi connectivity index (χ1) is 24.3. The molecule has 3 heteroatoms. The second kappa shape index (κ2) is 11.9. The highest BCUT2D eigenvalue weighted by molar-refractivity contribution is 7.25. The van der Waals surface area contributed by atoms with Gasteiger partial charge in [-0.2, -0.15) is 0 Å². The molecule has 10 rings (SSSR count). The molecule has 1 aromatic heterocycles. The van der Waals surface area contributed by atoms with Crippen molar-refractivity contribution in [3.05, 3.63) is 121 Å². The molecule has 0 aliphatic carbocycles. The van der Waals surface area contributed by atoms with Crippen LogP contribution in [0.4, 0.5) is 11.4 Å². The van der Waals surface area contributed by atoms with Crippen molar-refractivity contribution in [3.63, 3.8) is 0 Å². The first kappa shape index (κ1) is 29.1. The Balaban J connectivity index is 1.33. The summed E-state index contributed by atoms with van der Waals surface area (Å²) in [4.78, 5) is 5.23. The van der Waals surface area contributed by atoms with Crippen LogP contribution >= 0.6 is 11.3 Å². The maximum absolute atomic E-state index is 2.61. The van der Waals surface area contributed by atoms with Crippen molar-refractivity contribution in [2.75, 3.05) is 36.0 Å². The number of nitrogens with zero attached hydrogens (tertiary/aromatic N) is 2. The molecule has 0 bridgehead atoms. The van der Waals surface area contributed by atoms with Gasteiger partial charge in [0.1, 0.15) is 0 Å². The third kappa shape index (κ3) is 4.89. The smallest absolute Gasteiger partial charge is 0.0372 e. The molecule has 2 aliphatic heterocycles. The maximum Gasteiger partial charge on any atom is 0.0372 e. The van der Waals surface area contributed by atoms with E-state index in [0.717, 1.165) is 26.2 Å². The van der Waals surface area contributed by atoms with Gasteiger partial charge in [-0.25, -0.2) is 0 Å². The molecule has 2 aliphatic rings. The van der Waals surface area contributed by atoms with Gasteiger partial charge >= 0.3 is 0 Å². The van der Waals surface area contributed by atoms with Crippen LogP contribution in [0.15, 0.2) is 121 Å². The molecular formula is C46H40N2S. The van der Waals surface area contributed by atoms with Crippen molar-refractivity contribution in [3.8, 4) is 22.3 Å². The number of fused-ring (bicyclic) bond motifs is 6. The summed E-state index contributed by atoms with van der Waals surface area (Å²) in [5.74, 6) is 0. The van der Waals surface area contributed by atoms with E-state index in [0.29, 0.717) is 0 Å². The highest BCUT2D eigenvalue weighted by Crippen LogP contribution is 2.48. The van der Waals surface area contributed by atoms with Crippen LogP contribution in [-0.4, -0.2) is 26.2 Å². The Morgan fingerprint density at radius 2 is 0.980 bits per heavy atom. The number of anilines is 2. The normalized spacial score (nSPS) is 15.7. The van der Waals surface area contributed by atoms with Crippen molar-refractivity contribution in [1.29, 1.82) is 0 Å². The van der Waals surface area contributed by atoms with Crippen LogP contribution in [0, 0.1) is 0 Å². The van der Waals surface area contributed by atoms with Crippen LogP contribution < -0.4 is 9.80 Å². The lowest BCUT2D eigenvalue weighted by Gasteiger charge is -2.30. The fraction of sp³-hybridized carbons (Fsp3) is 0.217. The van der Waals surface area contributed by atoms with E-state index < -0.39 is 0 Å². The molecule has 2 saturated heterocycles. The zero-order valence-electron chi connectivity index (χ0n) is 27.9. The fourth-order valence-corrected chi connectivity index (χ4v) is 9.91. The van der Waals surface area contributed by atoms with Gasteiger partial charge in [-0.05, 0) is 136 Å². The van der Waals surface area contributed by atoms with Gasteiger partial charge in [0.25, 0.3) is 0 Å². The van der Waals surface area contributed by atoms with Crippen molar-refractivity contribution in [2.24, 2.45) is 0 Å². The minimum atomic E-state index is 1.14. The Labute approximate surface area is 292 Å². The summed E-state index contributed by atoms with van der Waals surface area (Å²) < 4.78 is 2.71. The Morgan fingerprint density at radius 3 is 1.71 bits per heavy atom. The van der Waals surface area contributed by atoms with Gasteiger partial charge < -0.3 is 9.80 Å². The quantitative estimate of drug-likeness (QED) is 0.175. The molecule has 0 amide bonds. The van der Waals surface area contributed by atoms with E-state index in [-0.39, 0.29) is 0 Å². The standard InChI is InChI=1S/C46H40N2S/c1-7-24-47(25-8-1)33-20-22-39-41(29-33)45(32-18-23-44-40(28-32)36-15-5-6-17-43(36)49-44)38-21-19-34(48-26-9-2-10-27-48)30-42(38)46(39)37-16-11-13-31-12-3-4-14-35(31)37/h3-6,11-23,28-30H,1-2,7-10,24-27H2. The summed E-state index contributed by atoms with van der Waals surface area (Å²) in [7, 11) is 0. The molecule has 3 heterocycles. The van der Waals surface area contributed by atoms with Crippen molar-refractivity contribution >= 4 is 75.2 Å². The molecule has 0 radical (unpaired) electrons. The van der Waals surface area contributed by atoms with Crippen molar-refractivity contribution in [2.45, 2.75) is 38.5 Å². The molecule has 0 unspecified atom stereocenters. The molecule has 0 saturated carbocycles. The van der Waals surface area contributed by atoms with Gasteiger partial charge in [0, 0.05) is 57.7 Å². The minimum absolute atomic E-state index is 1.14. The highest BCUT2D eigenvalue weighted by Gasteiger charge is 2.22. The van der Waals surface area contributed by atoms with E-state index in [1.807, 2.05) is 11.3 Å². The number of hydrogen-bond donors (Lipinski definition) is 0. The SMILES string of the molecule is c1ccc2c(-c3c4ccc(N5CCCCC5)cc4c(-c4ccc5sc6ccccc6c5c4)c4ccc(N5CCCCC5)cc34)cccc2c1. The van der Waals surface area contributed by atoms with Crippen LogP contribution in [0.1, 0.15) is 38.5 Å². The van der Waals surface area contributed by atoms with Gasteiger partial charge in [0.05, 0.1) is 0 Å². The van der Waals surface area contributed by atoms with Crippen LogP contribution in [0.3, 0.4) is 0 Å². The van der Waals surface area contributed by atoms with Crippen LogP contribution in [0.2, 0.25) is 0 Å². The van der Waals surface area contributed by atoms with Crippen molar-refractivity contribution in [1.82, 2.24) is 0 Å². The minimum Gasteiger partial charge on any atom is -0.372 e. The number of benzene rings is 7. The number of thiophene rings is 1. The molecule has 2 fully saturated rings. The van der Waals surface area contributed by atoms with Gasteiger partial charge in [-0.15, -0.1) is 11.3 Å². The van der Waals surface area contributed by atoms with Crippen molar-refractivity contribution < 1.29 is 0 Å². The topological polar surface area (TPSA) is 6.48 Å². The lowest BCUT2D eigenvalue weighted by molar-refractivity contribution is 0.578. The Kier molecular flexibility index (Phi) is 7.08. The summed E-state index contributed by atoms with van der Waals surface area (Å²) in [6.07, 6.45) is 7.74. The van der Waals surface area contributed by atoms with Gasteiger partial charge in [0.15, 0.2) is 0 Å². The predicted molar refractivity (Wildman–Crippen MR) is 215 cm³/mol. The number of piperidine rings is 2. The molecule has 49 heavy (non-hydrogen) atoms. The second-order valence-corrected chi connectivity index (χ2v) is 15.2. The summed E-state index contributed by atoms with van der Waals surface area (Å²) in [6, 6.07) is 46.6. The van der Waals surface area contributed by atoms with Gasteiger partial charge in [-0.3, -0.25) is 0 Å². The summed E-state index contributed by atoms with van der Waals surface area (Å²) in [6.45, 7) is 4.54. The molecule has 240 valence electrons. The van der Waals surface area contributed by atoms with E-state index in [1.165, 1.54) is 125 Å². The van der Waals surface area contributed by atoms with E-state index in [4.69, 9.17) is 0 Å². The summed E-state index contributed by atoms with van der Waals surface area (Å²) in [5, 5.41) is 10.7. The van der Waals surface area contributed by atoms with Gasteiger partial charge in [-0.1, -0.05) is 78.9 Å². The van der Waals surface area contributed by atoms with E-state index >= 15 is 0 Å². The lowest BCUT2D eigenvalue weighted by Crippen LogP contribution is -2.29. The van der Waals surface area contributed by atoms with E-state index in [9.17, 15) is 0 Å². The number of hydrogen-bond acceptors (Lipinski definition) is 3. The molecule has 7 aromatic carbocycles. The maximum atomic E-state index is 2.61. The third-order valence-electron chi connectivity index (χ3n) is 11.3. The second-order valence-electron chi connectivity index (χ2n) is 14.1. The predicted octanol–water partition coefficient (Wildman–Crippen LogP) is 12.8. The monoisotopic (exact) mass is 652 g/mol. The van der Waals surface area contributed by atoms with Crippen LogP contribution in [-0.2, 0) is 0 Å². The molecule has 8 aromatic rings. The summed E-state index contributed by atoms with van der Waals surface area (Å²) >= 11 is 1.90. The van der Waals surface area contributed by atoms with Crippen LogP contribution in [0.5, 0.6) is 0 Å². The third-order valence-corrected chi connectivity index (χ3v) is 12.4. The largest absolute Gasteiger partial charge is 0.372 e. The molecule has 0 atom stereocenters. The zero-order valence-corrected chi connectivity index (χ0v) is 28.7. The zero-order chi connectivity index (χ0) is 32.3. The average Bonchev–Trinajstić information content (AvgIpc) is 3.55. The van der Waals surface area contributed by atoms with E-state index in [2.05, 4.69) is 131 Å². The lowest BCUT2D eigenvalue weighted by atomic mass is 9.84. The molecule has 0 N–H and O–H groups in total. The first-order valence-electron chi connectivity index (χ1n) is 18.2. The Hall–Kier alpha value is -4.86. The highest BCUT2D eigenvalue weighted by atomic mass is 32.1. The number of rotatable bonds is 4. The average molecular weight is 653 g/mol. The fourth-order valence-electron chi connectivity index (χ4n) is 8.83. The summed E-state index contributed by atoms with van der Waals surface area (Å²) in [5.41, 5.74) is 8.04. The van der Waals surface area contributed by atoms with Crippen LogP contribution in [0.25, 0.3) is 74.7 Å². The van der Waals surface area contributed by atoms with E-state index in [1.54, 1.807) is 0 Å².